The molecule has 0 aliphatic heterocycles. The quantitative estimate of drug-likeness (QED) is 0.381. The summed E-state index contributed by atoms with van der Waals surface area (Å²) in [5.41, 5.74) is 6.57. The van der Waals surface area contributed by atoms with Gasteiger partial charge in [0.1, 0.15) is 0 Å². The minimum absolute atomic E-state index is 0.0647. The van der Waals surface area contributed by atoms with Crippen LogP contribution in [0.2, 0.25) is 9.79 Å². The Bertz CT molecular complexity index is 374. The molecule has 0 atom stereocenters. The van der Waals surface area contributed by atoms with E-state index >= 15 is 0 Å². The molecule has 0 spiro atoms. The van der Waals surface area contributed by atoms with E-state index in [1.165, 1.54) is 24.3 Å². The van der Waals surface area contributed by atoms with Gasteiger partial charge in [0, 0.05) is 0 Å². The Morgan fingerprint density at radius 3 is 2.73 bits per heavy atom. The van der Waals surface area contributed by atoms with Crippen molar-refractivity contribution < 1.29 is 0 Å². The molecule has 0 radical (unpaired) electrons. The number of allylic oxidation sites excluding steroid dienone is 6. The van der Waals surface area contributed by atoms with Gasteiger partial charge in [0.15, 0.2) is 0 Å². The minimum atomic E-state index is 0.0647. The van der Waals surface area contributed by atoms with Crippen LogP contribution in [0.1, 0.15) is 6.42 Å². The van der Waals surface area contributed by atoms with Crippen molar-refractivity contribution in [2.24, 2.45) is 0 Å². The van der Waals surface area contributed by atoms with E-state index in [1.807, 2.05) is 12.2 Å². The topological polar surface area (TPSA) is 0 Å². The molecule has 2 aliphatic rings. The summed E-state index contributed by atoms with van der Waals surface area (Å²) in [6.45, 7) is 0. The first-order valence-corrected chi connectivity index (χ1v) is 9.85. The summed E-state index contributed by atoms with van der Waals surface area (Å²) in [6, 6.07) is 0. The fraction of sp³-hybridized carbons (Fsp3) is 0.231. The first-order valence-electron chi connectivity index (χ1n) is 4.97. The molecule has 0 aromatic carbocycles. The maximum absolute atomic E-state index is 3.30. The summed E-state index contributed by atoms with van der Waals surface area (Å²) in [4.78, 5) is 0. The van der Waals surface area contributed by atoms with E-state index in [4.69, 9.17) is 0 Å². The molecule has 0 nitrogen and oxygen atoms in total. The van der Waals surface area contributed by atoms with Crippen LogP contribution in [0.25, 0.3) is 0 Å². The molecule has 0 N–H and O–H groups in total. The van der Waals surface area contributed by atoms with Gasteiger partial charge >= 0.3 is 108 Å². The second-order valence-electron chi connectivity index (χ2n) is 3.12. The fourth-order valence-corrected chi connectivity index (χ4v) is 6.64. The zero-order valence-corrected chi connectivity index (χ0v) is 12.4. The molecule has 0 aromatic rings. The van der Waals surface area contributed by atoms with Gasteiger partial charge in [0.05, 0.1) is 0 Å². The Hall–Kier alpha value is -0.171. The molecule has 0 unspecified atom stereocenters. The summed E-state index contributed by atoms with van der Waals surface area (Å²) in [5.74, 6) is 0. The van der Waals surface area contributed by atoms with Crippen molar-refractivity contribution in [3.63, 3.8) is 0 Å². The van der Waals surface area contributed by atoms with E-state index in [9.17, 15) is 0 Å². The molecule has 0 heterocycles. The van der Waals surface area contributed by atoms with Gasteiger partial charge in [-0.2, -0.15) is 0 Å². The van der Waals surface area contributed by atoms with Gasteiger partial charge in [0.2, 0.25) is 0 Å². The third-order valence-electron chi connectivity index (χ3n) is 1.94. The maximum atomic E-state index is 3.30. The summed E-state index contributed by atoms with van der Waals surface area (Å²) in [7, 11) is 0. The monoisotopic (exact) mass is 378 g/mol. The molecule has 76 valence electrons. The van der Waals surface area contributed by atoms with Crippen LogP contribution in [0.15, 0.2) is 56.0 Å². The van der Waals surface area contributed by atoms with Crippen LogP contribution >= 0.6 is 0 Å². The molecule has 0 saturated heterocycles. The standard InChI is InChI=1S/C13H12SeTe/c1-2-7-12(6-1)14-10-5-11-15-13-8-3-4-9-13/h1-4,6,8H,5,10-11H2. The number of hydrogen-bond acceptors (Lipinski definition) is 0. The van der Waals surface area contributed by atoms with Crippen molar-refractivity contribution in [1.29, 1.82) is 0 Å². The fourth-order valence-electron chi connectivity index (χ4n) is 1.23. The van der Waals surface area contributed by atoms with Crippen LogP contribution in [-0.2, 0) is 0 Å². The third-order valence-corrected chi connectivity index (χ3v) is 7.18. The van der Waals surface area contributed by atoms with Crippen LogP contribution in [0, 0.1) is 0 Å². The molecule has 0 amide bonds. The summed E-state index contributed by atoms with van der Waals surface area (Å²) in [6.07, 6.45) is 14.0. The summed E-state index contributed by atoms with van der Waals surface area (Å²) < 4.78 is 4.35. The molecule has 0 bridgehead atoms. The van der Waals surface area contributed by atoms with Crippen molar-refractivity contribution in [2.45, 2.75) is 16.2 Å². The van der Waals surface area contributed by atoms with Gasteiger partial charge in [-0.1, -0.05) is 0 Å². The Labute approximate surface area is 107 Å². The van der Waals surface area contributed by atoms with Crippen LogP contribution in [0.4, 0.5) is 0 Å². The normalized spacial score (nSPS) is 16.3. The molecule has 2 aliphatic carbocycles. The Morgan fingerprint density at radius 2 is 2.00 bits per heavy atom. The predicted molar refractivity (Wildman–Crippen MR) is 67.2 cm³/mol. The van der Waals surface area contributed by atoms with E-state index in [0.29, 0.717) is 15.0 Å². The van der Waals surface area contributed by atoms with Gasteiger partial charge in [-0.05, 0) is 0 Å². The Morgan fingerprint density at radius 1 is 1.13 bits per heavy atom. The first kappa shape index (κ1) is 11.3. The van der Waals surface area contributed by atoms with E-state index in [-0.39, 0.29) is 20.9 Å². The van der Waals surface area contributed by atoms with Crippen molar-refractivity contribution >= 4 is 35.9 Å². The second kappa shape index (κ2) is 6.42. The zero-order valence-electron chi connectivity index (χ0n) is 8.40. The zero-order chi connectivity index (χ0) is 10.3. The summed E-state index contributed by atoms with van der Waals surface area (Å²) in [5, 5.41) is 1.37. The van der Waals surface area contributed by atoms with E-state index in [0.717, 1.165) is 0 Å². The van der Waals surface area contributed by atoms with Gasteiger partial charge in [-0.15, -0.1) is 0 Å². The van der Waals surface area contributed by atoms with Crippen LogP contribution in [0.3, 0.4) is 0 Å². The average molecular weight is 375 g/mol. The van der Waals surface area contributed by atoms with Gasteiger partial charge < -0.3 is 0 Å². The molecule has 0 aromatic heterocycles. The average Bonchev–Trinajstić information content (AvgIpc) is 2.88. The van der Waals surface area contributed by atoms with Gasteiger partial charge in [-0.25, -0.2) is 0 Å². The molecular formula is C13H12SeTe. The predicted octanol–water partition coefficient (Wildman–Crippen LogP) is 2.84. The first-order chi connectivity index (χ1) is 7.45. The van der Waals surface area contributed by atoms with Gasteiger partial charge in [-0.3, -0.25) is 0 Å². The molecular weight excluding hydrogens is 363 g/mol. The van der Waals surface area contributed by atoms with Crippen LogP contribution < -0.4 is 0 Å². The van der Waals surface area contributed by atoms with Crippen LogP contribution in [-0.4, -0.2) is 35.9 Å². The number of hydrogen-bond donors (Lipinski definition) is 0. The third kappa shape index (κ3) is 4.06. The number of rotatable bonds is 6. The second-order valence-corrected chi connectivity index (χ2v) is 8.75. The van der Waals surface area contributed by atoms with E-state index in [1.54, 1.807) is 0 Å². The van der Waals surface area contributed by atoms with Crippen LogP contribution in [0.5, 0.6) is 0 Å². The van der Waals surface area contributed by atoms with Gasteiger partial charge in [0.25, 0.3) is 0 Å². The molecule has 2 rings (SSSR count). The van der Waals surface area contributed by atoms with Crippen molar-refractivity contribution in [1.82, 2.24) is 0 Å². The van der Waals surface area contributed by atoms with E-state index in [2.05, 4.69) is 35.8 Å². The van der Waals surface area contributed by atoms with Crippen molar-refractivity contribution in [3.8, 4) is 0 Å². The molecule has 15 heavy (non-hydrogen) atoms. The SMILES string of the molecule is C1=CC=CC=1[Se]CCC[Te]C1=C=CC=C1. The van der Waals surface area contributed by atoms with Crippen molar-refractivity contribution in [2.75, 3.05) is 0 Å². The molecule has 0 fully saturated rings. The summed E-state index contributed by atoms with van der Waals surface area (Å²) >= 11 is 0.724. The molecule has 0 saturated carbocycles. The Kier molecular flexibility index (Phi) is 4.84. The van der Waals surface area contributed by atoms with Crippen molar-refractivity contribution in [3.05, 3.63) is 56.0 Å². The Balaban J connectivity index is 1.56. The van der Waals surface area contributed by atoms with E-state index < -0.39 is 0 Å². The molecule has 2 heteroatoms.